The lowest BCUT2D eigenvalue weighted by Gasteiger charge is -2.43. The molecule has 2 fully saturated rings. The molecule has 2 aliphatic heterocycles. The van der Waals surface area contributed by atoms with Crippen LogP contribution in [0.15, 0.2) is 78.9 Å². The van der Waals surface area contributed by atoms with E-state index in [1.54, 1.807) is 17.0 Å². The van der Waals surface area contributed by atoms with Gasteiger partial charge in [-0.15, -0.1) is 0 Å². The Balaban J connectivity index is 1.30. The second kappa shape index (κ2) is 10.7. The average molecular weight is 515 g/mol. The number of piperidine rings is 1. The monoisotopic (exact) mass is 514 g/mol. The third-order valence-electron chi connectivity index (χ3n) is 7.57. The summed E-state index contributed by atoms with van der Waals surface area (Å²) in [4.78, 5) is 45.4. The molecule has 38 heavy (non-hydrogen) atoms. The molecular formula is C30H31FN4O3. The van der Waals surface area contributed by atoms with E-state index in [0.717, 1.165) is 16.8 Å². The molecule has 2 aliphatic rings. The second-order valence-electron chi connectivity index (χ2n) is 9.95. The van der Waals surface area contributed by atoms with Gasteiger partial charge in [0, 0.05) is 30.9 Å². The van der Waals surface area contributed by atoms with Gasteiger partial charge in [0.15, 0.2) is 0 Å². The van der Waals surface area contributed by atoms with Crippen LogP contribution in [0.4, 0.5) is 10.1 Å². The summed E-state index contributed by atoms with van der Waals surface area (Å²) in [6.07, 6.45) is 0.956. The van der Waals surface area contributed by atoms with Crippen LogP contribution < -0.4 is 10.2 Å². The molecule has 2 saturated heterocycles. The quantitative estimate of drug-likeness (QED) is 0.544. The van der Waals surface area contributed by atoms with Crippen LogP contribution in [0, 0.1) is 12.7 Å². The summed E-state index contributed by atoms with van der Waals surface area (Å²) < 4.78 is 13.2. The van der Waals surface area contributed by atoms with E-state index in [1.165, 1.54) is 12.1 Å². The minimum Gasteiger partial charge on any atom is -0.350 e. The molecule has 0 radical (unpaired) electrons. The Morgan fingerprint density at radius 1 is 0.921 bits per heavy atom. The van der Waals surface area contributed by atoms with E-state index >= 15 is 0 Å². The third-order valence-corrected chi connectivity index (χ3v) is 7.57. The Morgan fingerprint density at radius 3 is 2.26 bits per heavy atom. The predicted octanol–water partition coefficient (Wildman–Crippen LogP) is 3.73. The summed E-state index contributed by atoms with van der Waals surface area (Å²) in [7, 11) is 0. The summed E-state index contributed by atoms with van der Waals surface area (Å²) >= 11 is 0. The minimum absolute atomic E-state index is 0.0216. The highest BCUT2D eigenvalue weighted by molar-refractivity contribution is 5.98. The van der Waals surface area contributed by atoms with Crippen molar-refractivity contribution in [2.45, 2.75) is 31.8 Å². The molecule has 1 N–H and O–H groups in total. The molecule has 3 aromatic carbocycles. The van der Waals surface area contributed by atoms with Crippen LogP contribution in [-0.4, -0.2) is 59.4 Å². The highest BCUT2D eigenvalue weighted by Gasteiger charge is 2.54. The van der Waals surface area contributed by atoms with E-state index in [1.807, 2.05) is 66.4 Å². The van der Waals surface area contributed by atoms with Gasteiger partial charge in [-0.3, -0.25) is 14.4 Å². The van der Waals surface area contributed by atoms with E-state index in [4.69, 9.17) is 0 Å². The van der Waals surface area contributed by atoms with Crippen LogP contribution in [0.5, 0.6) is 0 Å². The van der Waals surface area contributed by atoms with Gasteiger partial charge in [0.25, 0.3) is 11.8 Å². The van der Waals surface area contributed by atoms with Crippen LogP contribution in [0.3, 0.4) is 0 Å². The molecule has 3 aromatic rings. The van der Waals surface area contributed by atoms with Crippen molar-refractivity contribution in [1.82, 2.24) is 15.1 Å². The van der Waals surface area contributed by atoms with Crippen molar-refractivity contribution in [3.05, 3.63) is 101 Å². The van der Waals surface area contributed by atoms with Crippen molar-refractivity contribution >= 4 is 23.4 Å². The minimum atomic E-state index is -0.818. The lowest BCUT2D eigenvalue weighted by Crippen LogP contribution is -2.57. The van der Waals surface area contributed by atoms with Crippen LogP contribution in [0.1, 0.15) is 34.3 Å². The van der Waals surface area contributed by atoms with E-state index in [0.29, 0.717) is 38.2 Å². The predicted molar refractivity (Wildman–Crippen MR) is 143 cm³/mol. The lowest BCUT2D eigenvalue weighted by molar-refractivity contribution is -0.137. The Morgan fingerprint density at radius 2 is 1.58 bits per heavy atom. The largest absolute Gasteiger partial charge is 0.350 e. The second-order valence-corrected chi connectivity index (χ2v) is 9.95. The Bertz CT molecular complexity index is 1320. The fourth-order valence-corrected chi connectivity index (χ4v) is 5.42. The highest BCUT2D eigenvalue weighted by Crippen LogP contribution is 2.39. The maximum atomic E-state index is 13.9. The number of hydrogen-bond acceptors (Lipinski definition) is 4. The number of halogens is 1. The number of nitrogens with zero attached hydrogens (tertiary/aromatic N) is 3. The third kappa shape index (κ3) is 4.98. The molecule has 0 bridgehead atoms. The topological polar surface area (TPSA) is 73.0 Å². The first-order chi connectivity index (χ1) is 18.4. The Labute approximate surface area is 221 Å². The SMILES string of the molecule is Cc1ccccc1C(=O)N1CCC2(CC1)C(=O)N(CC(=O)NCc1ccc(F)cc1)CN2c1ccccc1. The normalized spacial score (nSPS) is 16.7. The van der Waals surface area contributed by atoms with Crippen molar-refractivity contribution in [1.29, 1.82) is 0 Å². The van der Waals surface area contributed by atoms with Gasteiger partial charge in [0.2, 0.25) is 5.91 Å². The zero-order valence-electron chi connectivity index (χ0n) is 21.4. The maximum absolute atomic E-state index is 13.9. The van der Waals surface area contributed by atoms with Gasteiger partial charge in [0.05, 0.1) is 6.67 Å². The molecule has 0 aliphatic carbocycles. The van der Waals surface area contributed by atoms with Crippen LogP contribution in [-0.2, 0) is 16.1 Å². The molecule has 5 rings (SSSR count). The van der Waals surface area contributed by atoms with Crippen molar-refractivity contribution in [2.75, 3.05) is 31.2 Å². The number of nitrogens with one attached hydrogen (secondary N) is 1. The van der Waals surface area contributed by atoms with Gasteiger partial charge in [-0.1, -0.05) is 48.5 Å². The standard InChI is InChI=1S/C30H31FN4O3/c1-22-7-5-6-10-26(22)28(37)33-17-15-30(16-18-33)29(38)34(21-35(30)25-8-3-2-4-9-25)20-27(36)32-19-23-11-13-24(31)14-12-23/h2-14H,15-21H2,1H3,(H,32,36). The van der Waals surface area contributed by atoms with Crippen LogP contribution in [0.2, 0.25) is 0 Å². The van der Waals surface area contributed by atoms with E-state index in [9.17, 15) is 18.8 Å². The van der Waals surface area contributed by atoms with Gasteiger partial charge in [-0.2, -0.15) is 0 Å². The van der Waals surface area contributed by atoms with Crippen molar-refractivity contribution in [3.8, 4) is 0 Å². The van der Waals surface area contributed by atoms with E-state index in [2.05, 4.69) is 10.2 Å². The summed E-state index contributed by atoms with van der Waals surface area (Å²) in [5.41, 5.74) is 2.48. The molecule has 1 spiro atoms. The van der Waals surface area contributed by atoms with Gasteiger partial charge in [-0.25, -0.2) is 4.39 Å². The summed E-state index contributed by atoms with van der Waals surface area (Å²) in [6, 6.07) is 23.2. The first-order valence-corrected chi connectivity index (χ1v) is 12.9. The Kier molecular flexibility index (Phi) is 7.13. The molecule has 2 heterocycles. The van der Waals surface area contributed by atoms with Crippen LogP contribution in [0.25, 0.3) is 0 Å². The highest BCUT2D eigenvalue weighted by atomic mass is 19.1. The zero-order valence-corrected chi connectivity index (χ0v) is 21.4. The number of benzene rings is 3. The van der Waals surface area contributed by atoms with Gasteiger partial charge < -0.3 is 20.0 Å². The number of hydrogen-bond donors (Lipinski definition) is 1. The summed E-state index contributed by atoms with van der Waals surface area (Å²) in [6.45, 7) is 3.30. The molecule has 3 amide bonds. The summed E-state index contributed by atoms with van der Waals surface area (Å²) in [5, 5.41) is 2.83. The zero-order chi connectivity index (χ0) is 26.7. The number of aryl methyl sites for hydroxylation is 1. The van der Waals surface area contributed by atoms with Gasteiger partial charge >= 0.3 is 0 Å². The van der Waals surface area contributed by atoms with Crippen molar-refractivity contribution < 1.29 is 18.8 Å². The van der Waals surface area contributed by atoms with Crippen LogP contribution >= 0.6 is 0 Å². The van der Waals surface area contributed by atoms with Gasteiger partial charge in [0.1, 0.15) is 17.9 Å². The molecule has 0 atom stereocenters. The Hall–Kier alpha value is -4.20. The molecule has 0 unspecified atom stereocenters. The fraction of sp³-hybridized carbons (Fsp3) is 0.300. The molecule has 0 aromatic heterocycles. The lowest BCUT2D eigenvalue weighted by atomic mass is 9.85. The van der Waals surface area contributed by atoms with Crippen molar-refractivity contribution in [3.63, 3.8) is 0 Å². The molecule has 0 saturated carbocycles. The summed E-state index contributed by atoms with van der Waals surface area (Å²) in [5.74, 6) is -0.728. The van der Waals surface area contributed by atoms with E-state index < -0.39 is 5.54 Å². The molecule has 196 valence electrons. The van der Waals surface area contributed by atoms with E-state index in [-0.39, 0.29) is 36.6 Å². The smallest absolute Gasteiger partial charge is 0.254 e. The molecule has 7 nitrogen and oxygen atoms in total. The van der Waals surface area contributed by atoms with Crippen molar-refractivity contribution in [2.24, 2.45) is 0 Å². The number of rotatable bonds is 6. The number of para-hydroxylation sites is 1. The number of amides is 3. The number of carbonyl (C=O) groups is 3. The molecular weight excluding hydrogens is 483 g/mol. The van der Waals surface area contributed by atoms with Gasteiger partial charge in [-0.05, 0) is 61.2 Å². The average Bonchev–Trinajstić information content (AvgIpc) is 3.19. The fourth-order valence-electron chi connectivity index (χ4n) is 5.42. The first-order valence-electron chi connectivity index (χ1n) is 12.9. The molecule has 8 heteroatoms. The number of carbonyl (C=O) groups excluding carboxylic acids is 3. The number of anilines is 1. The first kappa shape index (κ1) is 25.4. The number of likely N-dealkylation sites (tertiary alicyclic amines) is 1. The maximum Gasteiger partial charge on any atom is 0.254 e.